The number of benzene rings is 3. The van der Waals surface area contributed by atoms with E-state index in [0.29, 0.717) is 21.6 Å². The topological polar surface area (TPSA) is 89.4 Å². The molecule has 0 spiro atoms. The van der Waals surface area contributed by atoms with Crippen molar-refractivity contribution in [3.05, 3.63) is 142 Å². The Labute approximate surface area is 221 Å². The number of pyridine rings is 1. The highest BCUT2D eigenvalue weighted by molar-refractivity contribution is 5.83. The highest BCUT2D eigenvalue weighted by Gasteiger charge is 2.30. The third kappa shape index (κ3) is 5.17. The summed E-state index contributed by atoms with van der Waals surface area (Å²) in [5, 5.41) is 26.6. The van der Waals surface area contributed by atoms with Gasteiger partial charge in [0.2, 0.25) is 5.91 Å². The van der Waals surface area contributed by atoms with Gasteiger partial charge in [-0.15, -0.1) is 0 Å². The molecule has 0 aliphatic heterocycles. The van der Waals surface area contributed by atoms with Gasteiger partial charge < -0.3 is 20.0 Å². The van der Waals surface area contributed by atoms with Crippen LogP contribution in [-0.4, -0.2) is 11.0 Å². The average Bonchev–Trinajstić information content (AvgIpc) is 3.33. The molecule has 0 aliphatic rings. The Hall–Kier alpha value is -4.42. The first-order chi connectivity index (χ1) is 18.2. The molecule has 1 amide bonds. The normalized spacial score (nSPS) is 13.7. The zero-order valence-corrected chi connectivity index (χ0v) is 21.6. The van der Waals surface area contributed by atoms with Crippen LogP contribution in [0.1, 0.15) is 52.1 Å². The lowest BCUT2D eigenvalue weighted by molar-refractivity contribution is -0.605. The number of hydrogen-bond donors (Lipinski definition) is 2. The van der Waals surface area contributed by atoms with Gasteiger partial charge in [-0.1, -0.05) is 60.2 Å². The zero-order chi connectivity index (χ0) is 26.9. The Kier molecular flexibility index (Phi) is 6.74. The summed E-state index contributed by atoms with van der Waals surface area (Å²) in [6, 6.07) is 26.5. The Morgan fingerprint density at radius 2 is 1.74 bits per heavy atom. The summed E-state index contributed by atoms with van der Waals surface area (Å²) in [4.78, 5) is 13.3. The summed E-state index contributed by atoms with van der Waals surface area (Å²) in [7, 11) is 0. The number of furan rings is 1. The van der Waals surface area contributed by atoms with E-state index in [2.05, 4.69) is 37.4 Å². The van der Waals surface area contributed by atoms with E-state index in [4.69, 9.17) is 4.42 Å². The quantitative estimate of drug-likeness (QED) is 0.229. The van der Waals surface area contributed by atoms with Crippen LogP contribution < -0.4 is 10.0 Å². The summed E-state index contributed by atoms with van der Waals surface area (Å²) in [6.45, 7) is 5.75. The average molecular weight is 507 g/mol. The maximum absolute atomic E-state index is 13.3. The number of aliphatic hydroxyl groups is 1. The van der Waals surface area contributed by atoms with Gasteiger partial charge in [0.1, 0.15) is 16.9 Å². The molecule has 2 heterocycles. The summed E-state index contributed by atoms with van der Waals surface area (Å²) >= 11 is 0. The number of carbonyl (C=O) groups is 1. The molecule has 2 aromatic heterocycles. The lowest BCUT2D eigenvalue weighted by Gasteiger charge is -2.22. The molecular weight excluding hydrogens is 476 g/mol. The van der Waals surface area contributed by atoms with Crippen molar-refractivity contribution in [2.24, 2.45) is 0 Å². The molecule has 2 atom stereocenters. The fraction of sp³-hybridized carbons (Fsp3) is 0.188. The lowest BCUT2D eigenvalue weighted by Crippen LogP contribution is -2.31. The molecular formula is C32H30N2O4. The number of nitrogens with zero attached hydrogens (tertiary/aromatic N) is 1. The monoisotopic (exact) mass is 506 g/mol. The second kappa shape index (κ2) is 10.1. The molecule has 0 fully saturated rings. The first kappa shape index (κ1) is 25.2. The van der Waals surface area contributed by atoms with Crippen LogP contribution in [-0.2, 0) is 16.8 Å². The lowest BCUT2D eigenvalue weighted by atomic mass is 9.93. The number of carbonyl (C=O) groups excluding carboxylic acids is 1. The highest BCUT2D eigenvalue weighted by atomic mass is 16.5. The van der Waals surface area contributed by atoms with E-state index in [1.807, 2.05) is 48.5 Å². The summed E-state index contributed by atoms with van der Waals surface area (Å²) in [5.41, 5.74) is 4.96. The fourth-order valence-corrected chi connectivity index (χ4v) is 4.86. The fourth-order valence-electron chi connectivity index (χ4n) is 4.86. The van der Waals surface area contributed by atoms with Crippen LogP contribution in [0.3, 0.4) is 0 Å². The molecule has 38 heavy (non-hydrogen) atoms. The van der Waals surface area contributed by atoms with Gasteiger partial charge in [0.05, 0.1) is 12.5 Å². The Balaban J connectivity index is 1.38. The predicted octanol–water partition coefficient (Wildman–Crippen LogP) is 5.39. The SMILES string of the molecule is Cc1ccc([C@@H](NC(=O)Cc2ccc3oc([C@@](C)(O)c4cc[n+]([O-])cc4)cc3c2)c2ccccc2)c(C)c1. The number of aromatic nitrogens is 1. The van der Waals surface area contributed by atoms with Gasteiger partial charge in [-0.2, -0.15) is 4.73 Å². The van der Waals surface area contributed by atoms with Crippen molar-refractivity contribution < 1.29 is 19.0 Å². The van der Waals surface area contributed by atoms with E-state index in [9.17, 15) is 15.1 Å². The second-order valence-corrected chi connectivity index (χ2v) is 9.95. The van der Waals surface area contributed by atoms with Crippen LogP contribution in [0.4, 0.5) is 0 Å². The minimum Gasteiger partial charge on any atom is -0.619 e. The molecule has 2 N–H and O–H groups in total. The van der Waals surface area contributed by atoms with Gasteiger partial charge in [-0.3, -0.25) is 4.79 Å². The molecule has 3 aromatic carbocycles. The van der Waals surface area contributed by atoms with Crippen LogP contribution in [0, 0.1) is 19.1 Å². The molecule has 5 rings (SSSR count). The van der Waals surface area contributed by atoms with Gasteiger partial charge in [0.25, 0.3) is 0 Å². The summed E-state index contributed by atoms with van der Waals surface area (Å²) < 4.78 is 6.61. The van der Waals surface area contributed by atoms with Crippen molar-refractivity contribution in [2.75, 3.05) is 0 Å². The predicted molar refractivity (Wildman–Crippen MR) is 146 cm³/mol. The number of hydrogen-bond acceptors (Lipinski definition) is 4. The molecule has 0 aliphatic carbocycles. The van der Waals surface area contributed by atoms with Crippen LogP contribution >= 0.6 is 0 Å². The molecule has 0 radical (unpaired) electrons. The first-order valence-electron chi connectivity index (χ1n) is 12.6. The summed E-state index contributed by atoms with van der Waals surface area (Å²) in [6.07, 6.45) is 2.87. The van der Waals surface area contributed by atoms with Gasteiger partial charge in [0.15, 0.2) is 12.4 Å². The van der Waals surface area contributed by atoms with Gasteiger partial charge in [-0.05, 0) is 61.2 Å². The highest BCUT2D eigenvalue weighted by Crippen LogP contribution is 2.33. The number of aryl methyl sites for hydroxylation is 2. The molecule has 192 valence electrons. The first-order valence-corrected chi connectivity index (χ1v) is 12.6. The largest absolute Gasteiger partial charge is 0.619 e. The van der Waals surface area contributed by atoms with Crippen molar-refractivity contribution in [1.29, 1.82) is 0 Å². The van der Waals surface area contributed by atoms with E-state index >= 15 is 0 Å². The standard InChI is InChI=1S/C32H30N2O4/c1-21-9-11-27(22(2)17-21)31(24-7-5-4-6-8-24)33-30(35)19-23-10-12-28-25(18-23)20-29(38-28)32(3,36)26-13-15-34(37)16-14-26/h4-18,20,31,36H,19H2,1-3H3,(H,33,35)/t31-,32-/m0/s1. The van der Waals surface area contributed by atoms with Crippen molar-refractivity contribution in [2.45, 2.75) is 38.8 Å². The van der Waals surface area contributed by atoms with E-state index in [1.54, 1.807) is 25.1 Å². The third-order valence-corrected chi connectivity index (χ3v) is 6.96. The molecule has 5 aromatic rings. The van der Waals surface area contributed by atoms with Crippen molar-refractivity contribution in [1.82, 2.24) is 5.32 Å². The number of fused-ring (bicyclic) bond motifs is 1. The minimum absolute atomic E-state index is 0.0934. The smallest absolute Gasteiger partial charge is 0.225 e. The third-order valence-electron chi connectivity index (χ3n) is 6.96. The van der Waals surface area contributed by atoms with E-state index in [0.717, 1.165) is 27.6 Å². The number of rotatable bonds is 7. The van der Waals surface area contributed by atoms with Crippen molar-refractivity contribution in [3.8, 4) is 0 Å². The van der Waals surface area contributed by atoms with Gasteiger partial charge in [0, 0.05) is 23.1 Å². The molecule has 0 bridgehead atoms. The van der Waals surface area contributed by atoms with Crippen LogP contribution in [0.2, 0.25) is 0 Å². The van der Waals surface area contributed by atoms with E-state index < -0.39 is 5.60 Å². The minimum atomic E-state index is -1.42. The molecule has 0 saturated carbocycles. The molecule has 0 saturated heterocycles. The van der Waals surface area contributed by atoms with E-state index in [-0.39, 0.29) is 18.4 Å². The zero-order valence-electron chi connectivity index (χ0n) is 21.6. The van der Waals surface area contributed by atoms with E-state index in [1.165, 1.54) is 18.0 Å². The van der Waals surface area contributed by atoms with Crippen LogP contribution in [0.5, 0.6) is 0 Å². The maximum Gasteiger partial charge on any atom is 0.225 e. The molecule has 0 unspecified atom stereocenters. The van der Waals surface area contributed by atoms with Crippen molar-refractivity contribution in [3.63, 3.8) is 0 Å². The molecule has 6 heteroatoms. The Morgan fingerprint density at radius 3 is 2.45 bits per heavy atom. The summed E-state index contributed by atoms with van der Waals surface area (Å²) in [5.74, 6) is 0.265. The Morgan fingerprint density at radius 1 is 1.00 bits per heavy atom. The van der Waals surface area contributed by atoms with Crippen LogP contribution in [0.25, 0.3) is 11.0 Å². The number of nitrogens with one attached hydrogen (secondary N) is 1. The van der Waals surface area contributed by atoms with Crippen LogP contribution in [0.15, 0.2) is 102 Å². The van der Waals surface area contributed by atoms with Gasteiger partial charge in [-0.25, -0.2) is 0 Å². The maximum atomic E-state index is 13.3. The van der Waals surface area contributed by atoms with Gasteiger partial charge >= 0.3 is 0 Å². The molecule has 6 nitrogen and oxygen atoms in total. The number of amides is 1. The van der Waals surface area contributed by atoms with Crippen molar-refractivity contribution >= 4 is 16.9 Å². The Bertz CT molecular complexity index is 1590. The second-order valence-electron chi connectivity index (χ2n) is 9.95.